The molecule has 1 N–H and O–H groups in total. The third-order valence-electron chi connectivity index (χ3n) is 3.23. The van der Waals surface area contributed by atoms with Crippen LogP contribution >= 0.6 is 12.2 Å². The molecule has 20 heavy (non-hydrogen) atoms. The van der Waals surface area contributed by atoms with Gasteiger partial charge < -0.3 is 15.0 Å². The summed E-state index contributed by atoms with van der Waals surface area (Å²) >= 11 is 5.21. The molecule has 1 fully saturated rings. The lowest BCUT2D eigenvalue weighted by atomic mass is 10.1. The van der Waals surface area contributed by atoms with E-state index in [4.69, 9.17) is 17.0 Å². The van der Waals surface area contributed by atoms with Crippen molar-refractivity contribution in [3.05, 3.63) is 29.8 Å². The molecule has 0 radical (unpaired) electrons. The van der Waals surface area contributed by atoms with Gasteiger partial charge in [-0.2, -0.15) is 0 Å². The van der Waals surface area contributed by atoms with Crippen LogP contribution < -0.4 is 10.1 Å². The van der Waals surface area contributed by atoms with Crippen LogP contribution in [-0.2, 0) is 11.3 Å². The Bertz CT molecular complexity index is 487. The Morgan fingerprint density at radius 3 is 2.75 bits per heavy atom. The van der Waals surface area contributed by atoms with Crippen LogP contribution in [0.2, 0.25) is 0 Å². The van der Waals surface area contributed by atoms with Crippen LogP contribution in [0.3, 0.4) is 0 Å². The fourth-order valence-corrected chi connectivity index (χ4v) is 2.31. The fourth-order valence-electron chi connectivity index (χ4n) is 2.07. The van der Waals surface area contributed by atoms with Crippen LogP contribution in [-0.4, -0.2) is 29.1 Å². The van der Waals surface area contributed by atoms with Crippen molar-refractivity contribution in [2.75, 3.05) is 13.2 Å². The van der Waals surface area contributed by atoms with Crippen molar-refractivity contribution in [3.8, 4) is 5.75 Å². The molecule has 1 heterocycles. The number of carbonyl (C=O) groups is 1. The molecule has 4 nitrogen and oxygen atoms in total. The van der Waals surface area contributed by atoms with Gasteiger partial charge >= 0.3 is 0 Å². The van der Waals surface area contributed by atoms with Gasteiger partial charge in [0.05, 0.1) is 12.5 Å². The summed E-state index contributed by atoms with van der Waals surface area (Å²) in [6, 6.07) is 8.02. The lowest BCUT2D eigenvalue weighted by molar-refractivity contribution is -0.124. The average Bonchev–Trinajstić information content (AvgIpc) is 2.44. The highest BCUT2D eigenvalue weighted by Gasteiger charge is 2.26. The minimum Gasteiger partial charge on any atom is -0.494 e. The lowest BCUT2D eigenvalue weighted by Crippen LogP contribution is -2.53. The fraction of sp³-hybridized carbons (Fsp3) is 0.467. The van der Waals surface area contributed by atoms with Crippen molar-refractivity contribution < 1.29 is 9.53 Å². The van der Waals surface area contributed by atoms with E-state index in [1.165, 1.54) is 0 Å². The third-order valence-corrected chi connectivity index (χ3v) is 3.59. The number of ether oxygens (including phenoxy) is 1. The molecule has 0 spiro atoms. The Morgan fingerprint density at radius 2 is 2.10 bits per heavy atom. The summed E-state index contributed by atoms with van der Waals surface area (Å²) < 4.78 is 5.56. The maximum atomic E-state index is 11.5. The van der Waals surface area contributed by atoms with Gasteiger partial charge in [0, 0.05) is 13.1 Å². The van der Waals surface area contributed by atoms with Crippen LogP contribution in [0.4, 0.5) is 0 Å². The van der Waals surface area contributed by atoms with Crippen molar-refractivity contribution in [1.82, 2.24) is 10.2 Å². The van der Waals surface area contributed by atoms with E-state index < -0.39 is 0 Å². The highest BCUT2D eigenvalue weighted by molar-refractivity contribution is 7.80. The molecule has 1 saturated heterocycles. The van der Waals surface area contributed by atoms with E-state index in [1.807, 2.05) is 36.1 Å². The van der Waals surface area contributed by atoms with E-state index in [9.17, 15) is 4.79 Å². The maximum Gasteiger partial charge on any atom is 0.230 e. The Balaban J connectivity index is 1.95. The Labute approximate surface area is 125 Å². The number of benzene rings is 1. The molecule has 5 heteroatoms. The third kappa shape index (κ3) is 3.70. The van der Waals surface area contributed by atoms with Crippen LogP contribution in [0.25, 0.3) is 0 Å². The molecule has 0 aromatic heterocycles. The summed E-state index contributed by atoms with van der Waals surface area (Å²) in [5.74, 6) is 0.863. The number of nitrogens with one attached hydrogen (secondary N) is 1. The second kappa shape index (κ2) is 6.70. The minimum absolute atomic E-state index is 0.00886. The molecular weight excluding hydrogens is 272 g/mol. The Hall–Kier alpha value is -1.62. The lowest BCUT2D eigenvalue weighted by Gasteiger charge is -2.32. The molecular formula is C15H20N2O2S. The largest absolute Gasteiger partial charge is 0.494 e. The topological polar surface area (TPSA) is 41.6 Å². The molecule has 1 amide bonds. The van der Waals surface area contributed by atoms with Crippen LogP contribution in [0.15, 0.2) is 24.3 Å². The quantitative estimate of drug-likeness (QED) is 0.846. The number of amides is 1. The first-order chi connectivity index (χ1) is 9.60. The summed E-state index contributed by atoms with van der Waals surface area (Å²) in [7, 11) is 0. The number of hydrogen-bond donors (Lipinski definition) is 1. The average molecular weight is 292 g/mol. The van der Waals surface area contributed by atoms with Gasteiger partial charge in [0.25, 0.3) is 0 Å². The molecule has 1 aliphatic heterocycles. The second-order valence-corrected chi connectivity index (χ2v) is 5.46. The van der Waals surface area contributed by atoms with Crippen LogP contribution in [0.1, 0.15) is 25.8 Å². The maximum absolute atomic E-state index is 11.5. The second-order valence-electron chi connectivity index (χ2n) is 5.07. The van der Waals surface area contributed by atoms with Crippen molar-refractivity contribution >= 4 is 23.2 Å². The van der Waals surface area contributed by atoms with Gasteiger partial charge in [-0.3, -0.25) is 4.79 Å². The van der Waals surface area contributed by atoms with Gasteiger partial charge in [-0.15, -0.1) is 0 Å². The smallest absolute Gasteiger partial charge is 0.230 e. The van der Waals surface area contributed by atoms with E-state index in [-0.39, 0.29) is 11.8 Å². The molecule has 0 aliphatic carbocycles. The van der Waals surface area contributed by atoms with Crippen molar-refractivity contribution in [2.24, 2.45) is 5.92 Å². The number of hydrogen-bond acceptors (Lipinski definition) is 3. The van der Waals surface area contributed by atoms with E-state index >= 15 is 0 Å². The standard InChI is InChI=1S/C15H20N2O2S/c1-3-8-19-13-6-4-12(5-7-13)10-17-9-11(2)14(18)16-15(17)20/h4-7,11H,3,8-10H2,1-2H3,(H,16,18,20). The van der Waals surface area contributed by atoms with E-state index in [0.717, 1.165) is 24.3 Å². The van der Waals surface area contributed by atoms with Crippen LogP contribution in [0.5, 0.6) is 5.75 Å². The number of thiocarbonyl (C=S) groups is 1. The summed E-state index contributed by atoms with van der Waals surface area (Å²) in [6.45, 7) is 6.10. The van der Waals surface area contributed by atoms with Gasteiger partial charge in [-0.25, -0.2) is 0 Å². The zero-order valence-electron chi connectivity index (χ0n) is 11.9. The van der Waals surface area contributed by atoms with Crippen molar-refractivity contribution in [3.63, 3.8) is 0 Å². The molecule has 108 valence electrons. The zero-order valence-corrected chi connectivity index (χ0v) is 12.7. The minimum atomic E-state index is -0.0335. The van der Waals surface area contributed by atoms with E-state index in [0.29, 0.717) is 18.2 Å². The van der Waals surface area contributed by atoms with Gasteiger partial charge in [0.2, 0.25) is 5.91 Å². The molecule has 1 aromatic rings. The number of nitrogens with zero attached hydrogens (tertiary/aromatic N) is 1. The number of rotatable bonds is 5. The summed E-state index contributed by atoms with van der Waals surface area (Å²) in [6.07, 6.45) is 1.00. The molecule has 0 bridgehead atoms. The summed E-state index contributed by atoms with van der Waals surface area (Å²) in [5.41, 5.74) is 1.15. The molecule has 1 aromatic carbocycles. The van der Waals surface area contributed by atoms with Crippen molar-refractivity contribution in [1.29, 1.82) is 0 Å². The Kier molecular flexibility index (Phi) is 4.95. The number of carbonyl (C=O) groups excluding carboxylic acids is 1. The van der Waals surface area contributed by atoms with E-state index in [1.54, 1.807) is 0 Å². The predicted molar refractivity (Wildman–Crippen MR) is 82.5 cm³/mol. The molecule has 1 atom stereocenters. The van der Waals surface area contributed by atoms with Crippen LogP contribution in [0, 0.1) is 5.92 Å². The zero-order chi connectivity index (χ0) is 14.5. The monoisotopic (exact) mass is 292 g/mol. The van der Waals surface area contributed by atoms with Gasteiger partial charge in [0.1, 0.15) is 5.75 Å². The van der Waals surface area contributed by atoms with Gasteiger partial charge in [0.15, 0.2) is 5.11 Å². The first-order valence-corrected chi connectivity index (χ1v) is 7.32. The van der Waals surface area contributed by atoms with E-state index in [2.05, 4.69) is 12.2 Å². The van der Waals surface area contributed by atoms with Crippen molar-refractivity contribution in [2.45, 2.75) is 26.8 Å². The van der Waals surface area contributed by atoms with Gasteiger partial charge in [-0.05, 0) is 36.3 Å². The molecule has 1 unspecified atom stereocenters. The first-order valence-electron chi connectivity index (χ1n) is 6.91. The SMILES string of the molecule is CCCOc1ccc(CN2CC(C)C(=O)NC2=S)cc1. The molecule has 1 aliphatic rings. The van der Waals surface area contributed by atoms with Gasteiger partial charge in [-0.1, -0.05) is 26.0 Å². The Morgan fingerprint density at radius 1 is 1.40 bits per heavy atom. The molecule has 2 rings (SSSR count). The highest BCUT2D eigenvalue weighted by atomic mass is 32.1. The summed E-state index contributed by atoms with van der Waals surface area (Å²) in [4.78, 5) is 13.5. The normalized spacial score (nSPS) is 18.9. The predicted octanol–water partition coefficient (Wildman–Crippen LogP) is 2.33. The molecule has 0 saturated carbocycles. The summed E-state index contributed by atoms with van der Waals surface area (Å²) in [5, 5.41) is 3.25. The first kappa shape index (κ1) is 14.8. The highest BCUT2D eigenvalue weighted by Crippen LogP contribution is 2.16.